The van der Waals surface area contributed by atoms with Crippen molar-refractivity contribution in [3.05, 3.63) is 29.8 Å². The maximum atomic E-state index is 12.4. The first-order valence-corrected chi connectivity index (χ1v) is 8.77. The average molecular weight is 307 g/mol. The second kappa shape index (κ2) is 7.03. The monoisotopic (exact) mass is 307 g/mol. The van der Waals surface area contributed by atoms with Gasteiger partial charge in [-0.05, 0) is 37.0 Å². The van der Waals surface area contributed by atoms with Crippen LogP contribution in [0.15, 0.2) is 29.2 Å². The van der Waals surface area contributed by atoms with Crippen molar-refractivity contribution in [2.45, 2.75) is 43.0 Å². The Morgan fingerprint density at radius 2 is 2.05 bits per heavy atom. The van der Waals surface area contributed by atoms with E-state index in [-0.39, 0.29) is 10.9 Å². The quantitative estimate of drug-likeness (QED) is 0.866. The van der Waals surface area contributed by atoms with E-state index in [1.807, 2.05) is 6.07 Å². The number of nitriles is 1. The molecule has 1 unspecified atom stereocenters. The highest BCUT2D eigenvalue weighted by atomic mass is 32.2. The highest BCUT2D eigenvalue weighted by molar-refractivity contribution is 7.89. The Kier molecular flexibility index (Phi) is 5.34. The minimum Gasteiger partial charge on any atom is -0.329 e. The molecule has 1 aliphatic carbocycles. The fraction of sp³-hybridized carbons (Fsp3) is 0.533. The Labute approximate surface area is 126 Å². The van der Waals surface area contributed by atoms with Gasteiger partial charge in [-0.1, -0.05) is 25.3 Å². The van der Waals surface area contributed by atoms with E-state index in [1.54, 1.807) is 12.1 Å². The van der Waals surface area contributed by atoms with Crippen LogP contribution in [0.2, 0.25) is 0 Å². The molecule has 1 aliphatic rings. The first kappa shape index (κ1) is 16.0. The van der Waals surface area contributed by atoms with Crippen LogP contribution in [-0.4, -0.2) is 21.0 Å². The Balaban J connectivity index is 2.16. The van der Waals surface area contributed by atoms with E-state index in [2.05, 4.69) is 4.72 Å². The predicted octanol–water partition coefficient (Wildman–Crippen LogP) is 1.74. The van der Waals surface area contributed by atoms with Crippen molar-refractivity contribution in [1.82, 2.24) is 4.72 Å². The first-order valence-electron chi connectivity index (χ1n) is 7.29. The lowest BCUT2D eigenvalue weighted by molar-refractivity contribution is 0.294. The molecule has 114 valence electrons. The second-order valence-corrected chi connectivity index (χ2v) is 7.22. The molecule has 0 saturated heterocycles. The zero-order chi connectivity index (χ0) is 15.3. The molecule has 21 heavy (non-hydrogen) atoms. The number of nitrogens with zero attached hydrogens (tertiary/aromatic N) is 1. The van der Waals surface area contributed by atoms with Crippen LogP contribution < -0.4 is 10.5 Å². The summed E-state index contributed by atoms with van der Waals surface area (Å²) in [7, 11) is -3.63. The topological polar surface area (TPSA) is 96.0 Å². The third kappa shape index (κ3) is 4.03. The predicted molar refractivity (Wildman–Crippen MR) is 80.9 cm³/mol. The van der Waals surface area contributed by atoms with Crippen LogP contribution in [0.4, 0.5) is 0 Å². The maximum Gasteiger partial charge on any atom is 0.240 e. The summed E-state index contributed by atoms with van der Waals surface area (Å²) in [6.07, 6.45) is 5.51. The molecule has 0 radical (unpaired) electrons. The highest BCUT2D eigenvalue weighted by Crippen LogP contribution is 2.27. The van der Waals surface area contributed by atoms with Gasteiger partial charge in [-0.15, -0.1) is 0 Å². The molecule has 0 heterocycles. The normalized spacial score (nSPS) is 18.1. The molecule has 0 spiro atoms. The number of nitrogens with two attached hydrogens (primary N) is 1. The van der Waals surface area contributed by atoms with Crippen molar-refractivity contribution < 1.29 is 8.42 Å². The van der Waals surface area contributed by atoms with E-state index in [4.69, 9.17) is 11.0 Å². The third-order valence-electron chi connectivity index (χ3n) is 4.05. The van der Waals surface area contributed by atoms with E-state index < -0.39 is 10.0 Å². The molecule has 1 aromatic rings. The van der Waals surface area contributed by atoms with Crippen molar-refractivity contribution in [3.63, 3.8) is 0 Å². The van der Waals surface area contributed by atoms with Gasteiger partial charge in [0.15, 0.2) is 0 Å². The Morgan fingerprint density at radius 1 is 1.33 bits per heavy atom. The van der Waals surface area contributed by atoms with E-state index >= 15 is 0 Å². The molecular formula is C15H21N3O2S. The zero-order valence-electron chi connectivity index (χ0n) is 12.0. The summed E-state index contributed by atoms with van der Waals surface area (Å²) in [6, 6.07) is 7.76. The fourth-order valence-corrected chi connectivity index (χ4v) is 4.24. The zero-order valence-corrected chi connectivity index (χ0v) is 12.8. The van der Waals surface area contributed by atoms with Crippen LogP contribution >= 0.6 is 0 Å². The number of sulfonamides is 1. The Hall–Kier alpha value is -1.42. The molecule has 0 aliphatic heterocycles. The molecule has 1 saturated carbocycles. The summed E-state index contributed by atoms with van der Waals surface area (Å²) in [4.78, 5) is 0.121. The summed E-state index contributed by atoms with van der Waals surface area (Å²) in [5, 5.41) is 8.87. The van der Waals surface area contributed by atoms with E-state index in [0.29, 0.717) is 18.0 Å². The van der Waals surface area contributed by atoms with Crippen molar-refractivity contribution in [3.8, 4) is 6.07 Å². The fourth-order valence-electron chi connectivity index (χ4n) is 2.87. The van der Waals surface area contributed by atoms with E-state index in [9.17, 15) is 8.42 Å². The van der Waals surface area contributed by atoms with Crippen molar-refractivity contribution in [2.75, 3.05) is 6.54 Å². The maximum absolute atomic E-state index is 12.4. The lowest BCUT2D eigenvalue weighted by Crippen LogP contribution is -2.45. The van der Waals surface area contributed by atoms with Crippen LogP contribution in [0.3, 0.4) is 0 Å². The van der Waals surface area contributed by atoms with Gasteiger partial charge in [0.25, 0.3) is 0 Å². The molecule has 2 rings (SSSR count). The number of rotatable bonds is 5. The van der Waals surface area contributed by atoms with Gasteiger partial charge in [0.05, 0.1) is 16.5 Å². The van der Waals surface area contributed by atoms with Crippen LogP contribution in [0.1, 0.15) is 37.7 Å². The van der Waals surface area contributed by atoms with Crippen molar-refractivity contribution >= 4 is 10.0 Å². The van der Waals surface area contributed by atoms with Crippen LogP contribution in [0.5, 0.6) is 0 Å². The van der Waals surface area contributed by atoms with E-state index in [1.165, 1.54) is 18.6 Å². The van der Waals surface area contributed by atoms with Crippen LogP contribution in [0, 0.1) is 17.2 Å². The minimum atomic E-state index is -3.63. The van der Waals surface area contributed by atoms with Crippen molar-refractivity contribution in [2.24, 2.45) is 11.7 Å². The molecule has 6 heteroatoms. The summed E-state index contributed by atoms with van der Waals surface area (Å²) in [6.45, 7) is 0.293. The Bertz CT molecular complexity index is 616. The summed E-state index contributed by atoms with van der Waals surface area (Å²) in [5.74, 6) is 0.303. The van der Waals surface area contributed by atoms with Crippen LogP contribution in [0.25, 0.3) is 0 Å². The largest absolute Gasteiger partial charge is 0.329 e. The summed E-state index contributed by atoms with van der Waals surface area (Å²) < 4.78 is 27.6. The molecule has 1 atom stereocenters. The standard InChI is InChI=1S/C15H21N3O2S/c16-10-12-5-4-8-14(9-12)21(19,20)18-15(11-17)13-6-2-1-3-7-13/h4-5,8-9,13,15,18H,1-3,6-7,11,17H2. The lowest BCUT2D eigenvalue weighted by atomic mass is 9.84. The molecule has 3 N–H and O–H groups in total. The number of nitrogens with one attached hydrogen (secondary N) is 1. The van der Waals surface area contributed by atoms with Gasteiger partial charge >= 0.3 is 0 Å². The first-order chi connectivity index (χ1) is 10.1. The van der Waals surface area contributed by atoms with E-state index in [0.717, 1.165) is 25.7 Å². The summed E-state index contributed by atoms with van der Waals surface area (Å²) in [5.41, 5.74) is 6.10. The van der Waals surface area contributed by atoms with Gasteiger partial charge in [-0.3, -0.25) is 0 Å². The van der Waals surface area contributed by atoms with Gasteiger partial charge in [-0.2, -0.15) is 5.26 Å². The number of hydrogen-bond donors (Lipinski definition) is 2. The Morgan fingerprint density at radius 3 is 2.67 bits per heavy atom. The van der Waals surface area contributed by atoms with Gasteiger partial charge in [0.1, 0.15) is 0 Å². The molecule has 0 amide bonds. The molecule has 5 nitrogen and oxygen atoms in total. The van der Waals surface area contributed by atoms with Gasteiger partial charge in [0.2, 0.25) is 10.0 Å². The molecule has 0 bridgehead atoms. The molecule has 1 aromatic carbocycles. The highest BCUT2D eigenvalue weighted by Gasteiger charge is 2.27. The van der Waals surface area contributed by atoms with Crippen LogP contribution in [-0.2, 0) is 10.0 Å². The second-order valence-electron chi connectivity index (χ2n) is 5.50. The molecule has 0 aromatic heterocycles. The van der Waals surface area contributed by atoms with Gasteiger partial charge < -0.3 is 5.73 Å². The number of hydrogen-bond acceptors (Lipinski definition) is 4. The SMILES string of the molecule is N#Cc1cccc(S(=O)(=O)NC(CN)C2CCCCC2)c1. The van der Waals surface area contributed by atoms with Gasteiger partial charge in [0, 0.05) is 12.6 Å². The molecular weight excluding hydrogens is 286 g/mol. The van der Waals surface area contributed by atoms with Crippen molar-refractivity contribution in [1.29, 1.82) is 5.26 Å². The minimum absolute atomic E-state index is 0.121. The third-order valence-corrected chi connectivity index (χ3v) is 5.54. The lowest BCUT2D eigenvalue weighted by Gasteiger charge is -2.29. The van der Waals surface area contributed by atoms with Gasteiger partial charge in [-0.25, -0.2) is 13.1 Å². The molecule has 1 fully saturated rings. The smallest absolute Gasteiger partial charge is 0.240 e. The summed E-state index contributed by atoms with van der Waals surface area (Å²) >= 11 is 0. The number of benzene rings is 1. The average Bonchev–Trinajstić information content (AvgIpc) is 2.53.